The maximum absolute atomic E-state index is 13.1. The van der Waals surface area contributed by atoms with Gasteiger partial charge in [0.1, 0.15) is 6.04 Å². The van der Waals surface area contributed by atoms with Gasteiger partial charge in [-0.25, -0.2) is 4.79 Å². The number of ether oxygens (including phenoxy) is 1. The Kier molecular flexibility index (Phi) is 15.9. The lowest BCUT2D eigenvalue weighted by Crippen LogP contribution is -2.54. The molecule has 1 aliphatic rings. The lowest BCUT2D eigenvalue weighted by molar-refractivity contribution is -0.130. The summed E-state index contributed by atoms with van der Waals surface area (Å²) in [6, 6.07) is 20.5. The van der Waals surface area contributed by atoms with Crippen LogP contribution in [0, 0.1) is 12.8 Å². The standard InChI is InChI=1S/C31H42N6O6.C7H9N/c1-5-32-30(41)26(20(2)3)36-27(38)21(4)33-12-13-34-28(39)23-16-24(29(40)35-19-22-10-7-6-8-11-22)18-25(17-23)37-14-9-15-43-31(37)42;1-6-2-4-7(8)5-3-6/h6-8,10-11,16-18,20-21,26,33H,5,9,12-15,19H2,1-4H3,(H,32,41)(H,34,39)(H,35,40)(H,36,38);2-5H,8H2,1H3/t21?,26-;/m0./s1. The van der Waals surface area contributed by atoms with E-state index in [4.69, 9.17) is 10.5 Å². The van der Waals surface area contributed by atoms with Crippen LogP contribution in [0.4, 0.5) is 16.2 Å². The van der Waals surface area contributed by atoms with E-state index in [1.54, 1.807) is 19.1 Å². The van der Waals surface area contributed by atoms with Crippen LogP contribution in [0.15, 0.2) is 72.8 Å². The minimum atomic E-state index is -0.653. The Morgan fingerprint density at radius 1 is 0.843 bits per heavy atom. The van der Waals surface area contributed by atoms with Gasteiger partial charge in [0, 0.05) is 55.2 Å². The first-order valence-corrected chi connectivity index (χ1v) is 17.2. The Hall–Kier alpha value is -5.43. The number of cyclic esters (lactones) is 1. The van der Waals surface area contributed by atoms with Crippen LogP contribution in [0.2, 0.25) is 0 Å². The number of nitrogens with one attached hydrogen (secondary N) is 5. The quantitative estimate of drug-likeness (QED) is 0.109. The van der Waals surface area contributed by atoms with Crippen molar-refractivity contribution < 1.29 is 28.7 Å². The van der Waals surface area contributed by atoms with E-state index in [0.717, 1.165) is 11.3 Å². The average molecular weight is 702 g/mol. The number of benzene rings is 3. The molecule has 1 heterocycles. The number of hydrogen-bond donors (Lipinski definition) is 6. The molecule has 5 amide bonds. The molecule has 3 aromatic carbocycles. The van der Waals surface area contributed by atoms with Crippen LogP contribution in [0.5, 0.6) is 0 Å². The number of carbonyl (C=O) groups is 5. The Labute approximate surface area is 300 Å². The molecule has 2 atom stereocenters. The van der Waals surface area contributed by atoms with Crippen molar-refractivity contribution in [3.63, 3.8) is 0 Å². The van der Waals surface area contributed by atoms with Gasteiger partial charge in [-0.1, -0.05) is 61.9 Å². The van der Waals surface area contributed by atoms with E-state index in [1.807, 2.05) is 82.3 Å². The first-order chi connectivity index (χ1) is 24.4. The molecule has 1 saturated heterocycles. The third-order valence-electron chi connectivity index (χ3n) is 7.95. The number of aryl methyl sites for hydroxylation is 1. The molecule has 51 heavy (non-hydrogen) atoms. The largest absolute Gasteiger partial charge is 0.449 e. The maximum atomic E-state index is 13.1. The molecule has 0 spiro atoms. The van der Waals surface area contributed by atoms with E-state index in [1.165, 1.54) is 16.5 Å². The van der Waals surface area contributed by atoms with E-state index < -0.39 is 24.1 Å². The monoisotopic (exact) mass is 701 g/mol. The van der Waals surface area contributed by atoms with Crippen molar-refractivity contribution in [1.29, 1.82) is 0 Å². The van der Waals surface area contributed by atoms with E-state index >= 15 is 0 Å². The van der Waals surface area contributed by atoms with Crippen LogP contribution >= 0.6 is 0 Å². The van der Waals surface area contributed by atoms with E-state index in [9.17, 15) is 24.0 Å². The van der Waals surface area contributed by atoms with Gasteiger partial charge < -0.3 is 37.1 Å². The molecule has 1 aliphatic heterocycles. The molecule has 0 aromatic heterocycles. The molecule has 1 unspecified atom stereocenters. The number of likely N-dealkylation sites (N-methyl/N-ethyl adjacent to an activating group) is 1. The Bertz CT molecular complexity index is 1590. The minimum absolute atomic E-state index is 0.0881. The van der Waals surface area contributed by atoms with Crippen molar-refractivity contribution in [2.45, 2.75) is 59.7 Å². The predicted molar refractivity (Wildman–Crippen MR) is 198 cm³/mol. The highest BCUT2D eigenvalue weighted by atomic mass is 16.6. The number of nitrogen functional groups attached to an aromatic ring is 1. The third-order valence-corrected chi connectivity index (χ3v) is 7.95. The first kappa shape index (κ1) is 40.0. The summed E-state index contributed by atoms with van der Waals surface area (Å²) in [5.41, 5.74) is 9.24. The highest BCUT2D eigenvalue weighted by Gasteiger charge is 2.26. The summed E-state index contributed by atoms with van der Waals surface area (Å²) in [5, 5.41) is 14.2. The summed E-state index contributed by atoms with van der Waals surface area (Å²) in [7, 11) is 0. The zero-order valence-corrected chi connectivity index (χ0v) is 30.1. The molecule has 0 aliphatic carbocycles. The second kappa shape index (κ2) is 20.3. The first-order valence-electron chi connectivity index (χ1n) is 17.2. The number of carbonyl (C=O) groups excluding carboxylic acids is 5. The van der Waals surface area contributed by atoms with Crippen molar-refractivity contribution in [2.24, 2.45) is 5.92 Å². The SMILES string of the molecule is CCNC(=O)[C@@H](NC(=O)C(C)NCCNC(=O)c1cc(C(=O)NCc2ccccc2)cc(N2CCCOC2=O)c1)C(C)C.Cc1ccc(N)cc1. The topological polar surface area (TPSA) is 184 Å². The molecular formula is C38H51N7O6. The summed E-state index contributed by atoms with van der Waals surface area (Å²) in [5.74, 6) is -1.49. The van der Waals surface area contributed by atoms with Gasteiger partial charge in [-0.2, -0.15) is 0 Å². The van der Waals surface area contributed by atoms with Crippen molar-refractivity contribution in [1.82, 2.24) is 26.6 Å². The zero-order chi connectivity index (χ0) is 37.3. The van der Waals surface area contributed by atoms with E-state index in [0.29, 0.717) is 38.3 Å². The van der Waals surface area contributed by atoms with Crippen molar-refractivity contribution in [2.75, 3.05) is 43.4 Å². The lowest BCUT2D eigenvalue weighted by Gasteiger charge is -2.27. The molecule has 13 heteroatoms. The summed E-state index contributed by atoms with van der Waals surface area (Å²) in [6.07, 6.45) is 0.0823. The number of amides is 5. The number of nitrogens with two attached hydrogens (primary N) is 1. The zero-order valence-electron chi connectivity index (χ0n) is 30.1. The average Bonchev–Trinajstić information content (AvgIpc) is 3.12. The number of hydrogen-bond acceptors (Lipinski definition) is 8. The molecule has 274 valence electrons. The molecule has 13 nitrogen and oxygen atoms in total. The van der Waals surface area contributed by atoms with Gasteiger partial charge in [-0.15, -0.1) is 0 Å². The molecular weight excluding hydrogens is 650 g/mol. The van der Waals surface area contributed by atoms with Gasteiger partial charge in [0.15, 0.2) is 0 Å². The molecule has 0 bridgehead atoms. The van der Waals surface area contributed by atoms with Crippen molar-refractivity contribution >= 4 is 41.1 Å². The second-order valence-electron chi connectivity index (χ2n) is 12.5. The smallest absolute Gasteiger partial charge is 0.414 e. The van der Waals surface area contributed by atoms with Crippen LogP contribution in [0.25, 0.3) is 0 Å². The number of nitrogens with zero attached hydrogens (tertiary/aromatic N) is 1. The maximum Gasteiger partial charge on any atom is 0.414 e. The Morgan fingerprint density at radius 3 is 2.08 bits per heavy atom. The normalized spacial score (nSPS) is 13.5. The number of rotatable bonds is 14. The lowest BCUT2D eigenvalue weighted by atomic mass is 10.0. The van der Waals surface area contributed by atoms with Gasteiger partial charge in [-0.3, -0.25) is 24.1 Å². The molecule has 3 aromatic rings. The van der Waals surface area contributed by atoms with Crippen LogP contribution in [0.3, 0.4) is 0 Å². The predicted octanol–water partition coefficient (Wildman–Crippen LogP) is 3.53. The van der Waals surface area contributed by atoms with Crippen molar-refractivity contribution in [3.05, 3.63) is 95.1 Å². The van der Waals surface area contributed by atoms with Crippen molar-refractivity contribution in [3.8, 4) is 0 Å². The summed E-state index contributed by atoms with van der Waals surface area (Å²) >= 11 is 0. The van der Waals surface area contributed by atoms with Crippen LogP contribution in [-0.4, -0.2) is 74.6 Å². The Morgan fingerprint density at radius 2 is 1.49 bits per heavy atom. The van der Waals surface area contributed by atoms with Gasteiger partial charge in [-0.05, 0) is 69.0 Å². The molecule has 1 fully saturated rings. The van der Waals surface area contributed by atoms with Crippen LogP contribution in [-0.2, 0) is 20.9 Å². The van der Waals surface area contributed by atoms with Crippen LogP contribution in [0.1, 0.15) is 66.0 Å². The summed E-state index contributed by atoms with van der Waals surface area (Å²) in [6.45, 7) is 11.2. The van der Waals surface area contributed by atoms with Gasteiger partial charge in [0.2, 0.25) is 11.8 Å². The molecule has 0 saturated carbocycles. The molecule has 4 rings (SSSR count). The summed E-state index contributed by atoms with van der Waals surface area (Å²) < 4.78 is 5.16. The second-order valence-corrected chi connectivity index (χ2v) is 12.5. The highest BCUT2D eigenvalue weighted by Crippen LogP contribution is 2.23. The van der Waals surface area contributed by atoms with Gasteiger partial charge in [0.05, 0.1) is 12.6 Å². The molecule has 7 N–H and O–H groups in total. The van der Waals surface area contributed by atoms with E-state index in [2.05, 4.69) is 26.6 Å². The summed E-state index contributed by atoms with van der Waals surface area (Å²) in [4.78, 5) is 64.9. The third kappa shape index (κ3) is 13.1. The minimum Gasteiger partial charge on any atom is -0.449 e. The Balaban J connectivity index is 0.000000770. The van der Waals surface area contributed by atoms with Gasteiger partial charge >= 0.3 is 6.09 Å². The van der Waals surface area contributed by atoms with Crippen LogP contribution < -0.4 is 37.2 Å². The number of anilines is 2. The van der Waals surface area contributed by atoms with E-state index in [-0.39, 0.29) is 47.9 Å². The highest BCUT2D eigenvalue weighted by molar-refractivity contribution is 6.02. The fourth-order valence-corrected chi connectivity index (χ4v) is 5.02. The molecule has 0 radical (unpaired) electrons. The fourth-order valence-electron chi connectivity index (χ4n) is 5.02. The fraction of sp³-hybridized carbons (Fsp3) is 0.395. The van der Waals surface area contributed by atoms with Gasteiger partial charge in [0.25, 0.3) is 11.8 Å².